The van der Waals surface area contributed by atoms with Gasteiger partial charge in [0.1, 0.15) is 0 Å². The van der Waals surface area contributed by atoms with Gasteiger partial charge in [0.25, 0.3) is 15.0 Å². The molecule has 17 heavy (non-hydrogen) atoms. The van der Waals surface area contributed by atoms with Gasteiger partial charge in [0.05, 0.1) is 4.90 Å². The monoisotopic (exact) mass is 271 g/mol. The average Bonchev–Trinajstić information content (AvgIpc) is 2.28. The highest BCUT2D eigenvalue weighted by atomic mass is 35.7. The normalized spacial score (nSPS) is 10.6. The summed E-state index contributed by atoms with van der Waals surface area (Å²) >= 11 is 0. The number of rotatable bonds is 4. The molecule has 1 N–H and O–H groups in total. The fourth-order valence-electron chi connectivity index (χ4n) is 1.14. The van der Waals surface area contributed by atoms with Crippen molar-refractivity contribution >= 4 is 25.6 Å². The number of nitrogens with one attached hydrogen (secondary N) is 1. The molecule has 6 heteroatoms. The zero-order valence-corrected chi connectivity index (χ0v) is 10.4. The van der Waals surface area contributed by atoms with Crippen LogP contribution in [0, 0.1) is 12.3 Å². The van der Waals surface area contributed by atoms with Gasteiger partial charge in [0.2, 0.25) is 0 Å². The van der Waals surface area contributed by atoms with E-state index in [0.29, 0.717) is 13.0 Å². The van der Waals surface area contributed by atoms with E-state index < -0.39 is 9.05 Å². The van der Waals surface area contributed by atoms with Crippen molar-refractivity contribution in [2.24, 2.45) is 0 Å². The molecule has 1 rings (SSSR count). The second-order valence-electron chi connectivity index (χ2n) is 3.18. The number of hydrogen-bond acceptors (Lipinski definition) is 3. The van der Waals surface area contributed by atoms with E-state index >= 15 is 0 Å². The Morgan fingerprint density at radius 3 is 2.76 bits per heavy atom. The SMILES string of the molecule is C#CCCNC(=O)c1cccc(S(=O)(=O)Cl)c1. The van der Waals surface area contributed by atoms with Crippen molar-refractivity contribution in [1.82, 2.24) is 5.32 Å². The topological polar surface area (TPSA) is 63.2 Å². The molecule has 0 bridgehead atoms. The lowest BCUT2D eigenvalue weighted by Gasteiger charge is -2.04. The van der Waals surface area contributed by atoms with Gasteiger partial charge in [0.15, 0.2) is 0 Å². The van der Waals surface area contributed by atoms with Crippen molar-refractivity contribution in [1.29, 1.82) is 0 Å². The molecular formula is C11H10ClNO3S. The average molecular weight is 272 g/mol. The van der Waals surface area contributed by atoms with Crippen molar-refractivity contribution in [3.05, 3.63) is 29.8 Å². The fourth-order valence-corrected chi connectivity index (χ4v) is 1.94. The maximum absolute atomic E-state index is 11.6. The third kappa shape index (κ3) is 4.10. The highest BCUT2D eigenvalue weighted by molar-refractivity contribution is 8.13. The quantitative estimate of drug-likeness (QED) is 0.511. The molecule has 0 aliphatic heterocycles. The summed E-state index contributed by atoms with van der Waals surface area (Å²) in [5.41, 5.74) is 0.226. The molecule has 1 aromatic rings. The number of carbonyl (C=O) groups is 1. The second-order valence-corrected chi connectivity index (χ2v) is 5.74. The first-order valence-electron chi connectivity index (χ1n) is 4.71. The molecule has 0 unspecified atom stereocenters. The Bertz CT molecular complexity index is 560. The van der Waals surface area contributed by atoms with Crippen LogP contribution in [0.25, 0.3) is 0 Å². The van der Waals surface area contributed by atoms with Gasteiger partial charge in [-0.15, -0.1) is 12.3 Å². The molecule has 0 atom stereocenters. The van der Waals surface area contributed by atoms with E-state index in [1.807, 2.05) is 0 Å². The molecule has 0 fully saturated rings. The Hall–Kier alpha value is -1.51. The third-order valence-corrected chi connectivity index (χ3v) is 3.28. The molecule has 4 nitrogen and oxygen atoms in total. The Morgan fingerprint density at radius 2 is 2.18 bits per heavy atom. The summed E-state index contributed by atoms with van der Waals surface area (Å²) in [6.45, 7) is 0.340. The lowest BCUT2D eigenvalue weighted by molar-refractivity contribution is 0.0954. The van der Waals surface area contributed by atoms with Crippen LogP contribution in [0.5, 0.6) is 0 Å². The van der Waals surface area contributed by atoms with E-state index in [9.17, 15) is 13.2 Å². The Labute approximate surface area is 104 Å². The first kappa shape index (κ1) is 13.6. The van der Waals surface area contributed by atoms with Gasteiger partial charge < -0.3 is 5.32 Å². The number of carbonyl (C=O) groups excluding carboxylic acids is 1. The molecule has 1 aromatic carbocycles. The minimum absolute atomic E-state index is 0.108. The van der Waals surface area contributed by atoms with E-state index in [1.165, 1.54) is 24.3 Å². The Kier molecular flexibility index (Phi) is 4.55. The zero-order chi connectivity index (χ0) is 12.9. The smallest absolute Gasteiger partial charge is 0.261 e. The van der Waals surface area contributed by atoms with Crippen LogP contribution < -0.4 is 5.32 Å². The van der Waals surface area contributed by atoms with Crippen LogP contribution in [0.15, 0.2) is 29.2 Å². The minimum Gasteiger partial charge on any atom is -0.351 e. The second kappa shape index (κ2) is 5.71. The number of hydrogen-bond donors (Lipinski definition) is 1. The van der Waals surface area contributed by atoms with Gasteiger partial charge in [0, 0.05) is 29.2 Å². The van der Waals surface area contributed by atoms with Gasteiger partial charge in [-0.1, -0.05) is 6.07 Å². The van der Waals surface area contributed by atoms with E-state index in [0.717, 1.165) is 0 Å². The number of amides is 1. The molecule has 0 heterocycles. The van der Waals surface area contributed by atoms with Crippen LogP contribution in [-0.2, 0) is 9.05 Å². The molecule has 0 aliphatic rings. The van der Waals surface area contributed by atoms with Crippen molar-refractivity contribution in [3.63, 3.8) is 0 Å². The largest absolute Gasteiger partial charge is 0.351 e. The highest BCUT2D eigenvalue weighted by Crippen LogP contribution is 2.15. The summed E-state index contributed by atoms with van der Waals surface area (Å²) in [7, 11) is 1.35. The molecule has 0 aliphatic carbocycles. The van der Waals surface area contributed by atoms with Crippen LogP contribution >= 0.6 is 10.7 Å². The first-order valence-corrected chi connectivity index (χ1v) is 7.02. The van der Waals surface area contributed by atoms with Crippen LogP contribution in [0.1, 0.15) is 16.8 Å². The molecule has 0 radical (unpaired) electrons. The van der Waals surface area contributed by atoms with Crippen LogP contribution in [-0.4, -0.2) is 20.9 Å². The van der Waals surface area contributed by atoms with Gasteiger partial charge in [-0.2, -0.15) is 0 Å². The molecular weight excluding hydrogens is 262 g/mol. The predicted molar refractivity (Wildman–Crippen MR) is 65.3 cm³/mol. The standard InChI is InChI=1S/C11H10ClNO3S/c1-2-3-7-13-11(14)9-5-4-6-10(8-9)17(12,15)16/h1,4-6,8H,3,7H2,(H,13,14). The molecule has 1 amide bonds. The minimum atomic E-state index is -3.82. The summed E-state index contributed by atoms with van der Waals surface area (Å²) in [5, 5.41) is 2.56. The zero-order valence-electron chi connectivity index (χ0n) is 8.81. The summed E-state index contributed by atoms with van der Waals surface area (Å²) in [6.07, 6.45) is 5.45. The van der Waals surface area contributed by atoms with Crippen molar-refractivity contribution in [3.8, 4) is 12.3 Å². The molecule has 0 saturated carbocycles. The molecule has 0 aromatic heterocycles. The van der Waals surface area contributed by atoms with E-state index in [4.69, 9.17) is 17.1 Å². The number of benzene rings is 1. The van der Waals surface area contributed by atoms with Crippen molar-refractivity contribution in [2.45, 2.75) is 11.3 Å². The lowest BCUT2D eigenvalue weighted by Crippen LogP contribution is -2.24. The summed E-state index contributed by atoms with van der Waals surface area (Å²) < 4.78 is 22.2. The van der Waals surface area contributed by atoms with Crippen LogP contribution in [0.4, 0.5) is 0 Å². The van der Waals surface area contributed by atoms with Gasteiger partial charge >= 0.3 is 0 Å². The molecule has 0 saturated heterocycles. The Morgan fingerprint density at radius 1 is 1.47 bits per heavy atom. The molecule has 90 valence electrons. The van der Waals surface area contributed by atoms with Gasteiger partial charge in [-0.25, -0.2) is 8.42 Å². The van der Waals surface area contributed by atoms with E-state index in [2.05, 4.69) is 11.2 Å². The third-order valence-electron chi connectivity index (χ3n) is 1.93. The fraction of sp³-hybridized carbons (Fsp3) is 0.182. The summed E-state index contributed by atoms with van der Waals surface area (Å²) in [6, 6.07) is 5.48. The maximum Gasteiger partial charge on any atom is 0.261 e. The molecule has 0 spiro atoms. The van der Waals surface area contributed by atoms with E-state index in [-0.39, 0.29) is 16.4 Å². The van der Waals surface area contributed by atoms with Gasteiger partial charge in [-0.3, -0.25) is 4.79 Å². The van der Waals surface area contributed by atoms with Gasteiger partial charge in [-0.05, 0) is 18.2 Å². The van der Waals surface area contributed by atoms with Crippen molar-refractivity contribution in [2.75, 3.05) is 6.54 Å². The summed E-state index contributed by atoms with van der Waals surface area (Å²) in [4.78, 5) is 11.5. The van der Waals surface area contributed by atoms with Crippen LogP contribution in [0.3, 0.4) is 0 Å². The maximum atomic E-state index is 11.6. The van der Waals surface area contributed by atoms with Crippen LogP contribution in [0.2, 0.25) is 0 Å². The summed E-state index contributed by atoms with van der Waals surface area (Å²) in [5.74, 6) is 1.99. The predicted octanol–water partition coefficient (Wildman–Crippen LogP) is 1.37. The Balaban J connectivity index is 2.86. The number of halogens is 1. The number of terminal acetylenes is 1. The highest BCUT2D eigenvalue weighted by Gasteiger charge is 2.12. The van der Waals surface area contributed by atoms with E-state index in [1.54, 1.807) is 0 Å². The lowest BCUT2D eigenvalue weighted by atomic mass is 10.2. The van der Waals surface area contributed by atoms with Crippen molar-refractivity contribution < 1.29 is 13.2 Å². The first-order chi connectivity index (χ1) is 7.95.